The van der Waals surface area contributed by atoms with Crippen molar-refractivity contribution in [2.45, 2.75) is 47.4 Å². The molecule has 4 atom stereocenters. The van der Waals surface area contributed by atoms with Gasteiger partial charge in [-0.3, -0.25) is 0 Å². The molecule has 0 spiro atoms. The number of hydrogen-bond donors (Lipinski definition) is 8. The van der Waals surface area contributed by atoms with E-state index in [0.29, 0.717) is 0 Å². The predicted molar refractivity (Wildman–Crippen MR) is 245 cm³/mol. The number of quaternary nitrogens is 4. The summed E-state index contributed by atoms with van der Waals surface area (Å²) in [5.74, 6) is 0.898. The number of aliphatic hydroxyl groups excluding tert-OH is 4. The molecule has 16 nitrogen and oxygen atoms in total. The van der Waals surface area contributed by atoms with Gasteiger partial charge in [0.1, 0.15) is 24.4 Å². The minimum atomic E-state index is -2.44. The quantitative estimate of drug-likeness (QED) is 0.0342. The number of carboxylic acids is 4. The van der Waals surface area contributed by atoms with E-state index in [1.807, 2.05) is 47.0 Å². The van der Waals surface area contributed by atoms with Gasteiger partial charge in [-0.15, -0.1) is 0 Å². The van der Waals surface area contributed by atoms with Crippen LogP contribution in [0.25, 0.3) is 0 Å². The standard InChI is InChI=1S/4C9H13NS.2C4H6O6/c4*10-6-7-11-8-9-4-2-1-3-5-9;2*5-1(3(7)8)2(6)4(9)10/h4*1-5H,6-8,10H2;2*1-2,5-6H,(H,7,8)(H,9,10). The first-order chi connectivity index (χ1) is 30.7. The van der Waals surface area contributed by atoms with Gasteiger partial charge in [0.15, 0.2) is 0 Å². The zero-order chi connectivity index (χ0) is 48.4. The fraction of sp³-hybridized carbons (Fsp3) is 0.364. The molecule has 0 radical (unpaired) electrons. The van der Waals surface area contributed by atoms with Crippen molar-refractivity contribution in [2.24, 2.45) is 0 Å². The molecule has 64 heavy (non-hydrogen) atoms. The van der Waals surface area contributed by atoms with Gasteiger partial charge in [0, 0.05) is 46.0 Å². The van der Waals surface area contributed by atoms with Crippen molar-refractivity contribution in [3.8, 4) is 0 Å². The van der Waals surface area contributed by atoms with E-state index in [9.17, 15) is 39.6 Å². The van der Waals surface area contributed by atoms with Crippen molar-refractivity contribution >= 4 is 70.9 Å². The molecule has 4 unspecified atom stereocenters. The van der Waals surface area contributed by atoms with Crippen molar-refractivity contribution in [3.63, 3.8) is 0 Å². The van der Waals surface area contributed by atoms with Crippen LogP contribution in [0.4, 0.5) is 0 Å². The Morgan fingerprint density at radius 2 is 0.516 bits per heavy atom. The number of benzene rings is 4. The smallest absolute Gasteiger partial charge is 0.124 e. The monoisotopic (exact) mass is 968 g/mol. The fourth-order valence-electron chi connectivity index (χ4n) is 3.98. The first-order valence-electron chi connectivity index (χ1n) is 19.9. The van der Waals surface area contributed by atoms with Crippen LogP contribution in [0.2, 0.25) is 0 Å². The van der Waals surface area contributed by atoms with Gasteiger partial charge in [-0.2, -0.15) is 47.0 Å². The van der Waals surface area contributed by atoms with Crippen molar-refractivity contribution < 1.29 is 83.0 Å². The van der Waals surface area contributed by atoms with Crippen LogP contribution in [0.1, 0.15) is 22.3 Å². The molecule has 0 amide bonds. The lowest BCUT2D eigenvalue weighted by atomic mass is 10.2. The molecule has 0 saturated heterocycles. The van der Waals surface area contributed by atoms with Gasteiger partial charge in [-0.1, -0.05) is 121 Å². The second-order valence-electron chi connectivity index (χ2n) is 12.6. The molecule has 16 N–H and O–H groups in total. The average molecular weight is 969 g/mol. The number of hydrogen-bond acceptors (Lipinski definition) is 16. The van der Waals surface area contributed by atoms with Crippen LogP contribution in [0.3, 0.4) is 0 Å². The molecule has 0 aromatic heterocycles. The highest BCUT2D eigenvalue weighted by Crippen LogP contribution is 2.12. The molecule has 4 aromatic carbocycles. The summed E-state index contributed by atoms with van der Waals surface area (Å²) in [6.07, 6.45) is -9.76. The number of rotatable bonds is 22. The summed E-state index contributed by atoms with van der Waals surface area (Å²) in [7, 11) is 0. The maximum absolute atomic E-state index is 9.63. The maximum atomic E-state index is 9.63. The van der Waals surface area contributed by atoms with E-state index in [1.54, 1.807) is 0 Å². The lowest BCUT2D eigenvalue weighted by Gasteiger charge is -2.18. The number of carbonyl (C=O) groups excluding carboxylic acids is 4. The molecule has 0 saturated carbocycles. The molecule has 0 aliphatic heterocycles. The molecular weight excluding hydrogens is 905 g/mol. The summed E-state index contributed by atoms with van der Waals surface area (Å²) in [5, 5.41) is 71.5. The highest BCUT2D eigenvalue weighted by atomic mass is 32.2. The Balaban J connectivity index is 0. The third-order valence-corrected chi connectivity index (χ3v) is 11.6. The second kappa shape index (κ2) is 42.8. The fourth-order valence-corrected chi connectivity index (χ4v) is 7.09. The molecule has 0 aliphatic rings. The van der Waals surface area contributed by atoms with Crippen LogP contribution in [0, 0.1) is 0 Å². The molecule has 20 heteroatoms. The normalized spacial score (nSPS) is 11.8. The Hall–Kier alpha value is -4.16. The van der Waals surface area contributed by atoms with Gasteiger partial charge in [-0.25, -0.2) is 0 Å². The van der Waals surface area contributed by atoms with Crippen LogP contribution in [0.15, 0.2) is 121 Å². The lowest BCUT2D eigenvalue weighted by molar-refractivity contribution is -0.360. The first-order valence-corrected chi connectivity index (χ1v) is 24.5. The summed E-state index contributed by atoms with van der Waals surface area (Å²) in [4.78, 5) is 38.5. The van der Waals surface area contributed by atoms with E-state index in [-0.39, 0.29) is 0 Å². The zero-order valence-corrected chi connectivity index (χ0v) is 39.1. The second-order valence-corrected chi connectivity index (χ2v) is 17.0. The average Bonchev–Trinajstić information content (AvgIpc) is 3.31. The van der Waals surface area contributed by atoms with Crippen molar-refractivity contribution in [1.82, 2.24) is 0 Å². The topological polar surface area (TPSA) is 352 Å². The maximum Gasteiger partial charge on any atom is 0.124 e. The summed E-state index contributed by atoms with van der Waals surface area (Å²) in [5.41, 5.74) is 20.8. The summed E-state index contributed by atoms with van der Waals surface area (Å²) < 4.78 is 0. The summed E-state index contributed by atoms with van der Waals surface area (Å²) in [6, 6.07) is 42.2. The van der Waals surface area contributed by atoms with Gasteiger partial charge in [0.2, 0.25) is 0 Å². The molecule has 4 rings (SSSR count). The van der Waals surface area contributed by atoms with Crippen LogP contribution in [-0.2, 0) is 42.2 Å². The molecule has 0 heterocycles. The van der Waals surface area contributed by atoms with E-state index >= 15 is 0 Å². The number of carboxylic acid groups (broad SMARTS) is 4. The van der Waals surface area contributed by atoms with Gasteiger partial charge in [-0.05, 0) is 22.3 Å². The minimum Gasteiger partial charge on any atom is -0.547 e. The van der Waals surface area contributed by atoms with E-state index in [1.165, 1.54) is 22.3 Å². The Labute approximate surface area is 392 Å². The largest absolute Gasteiger partial charge is 0.547 e. The lowest BCUT2D eigenvalue weighted by Crippen LogP contribution is -2.51. The predicted octanol–water partition coefficient (Wildman–Crippen LogP) is -4.94. The van der Waals surface area contributed by atoms with Gasteiger partial charge in [0.05, 0.1) is 50.1 Å². The van der Waals surface area contributed by atoms with Crippen molar-refractivity contribution in [1.29, 1.82) is 0 Å². The number of thioether (sulfide) groups is 4. The van der Waals surface area contributed by atoms with E-state index < -0.39 is 48.3 Å². The van der Waals surface area contributed by atoms with Crippen LogP contribution < -0.4 is 43.4 Å². The zero-order valence-electron chi connectivity index (χ0n) is 35.9. The van der Waals surface area contributed by atoms with E-state index in [2.05, 4.69) is 144 Å². The number of carbonyl (C=O) groups is 4. The molecular formula is C44H64N4O12S4. The Morgan fingerprint density at radius 1 is 0.359 bits per heavy atom. The number of aliphatic hydroxyl groups is 4. The van der Waals surface area contributed by atoms with E-state index in [0.717, 1.165) is 72.2 Å². The third kappa shape index (κ3) is 36.2. The molecule has 356 valence electrons. The molecule has 4 aromatic rings. The summed E-state index contributed by atoms with van der Waals surface area (Å²) >= 11 is 7.78. The van der Waals surface area contributed by atoms with Crippen LogP contribution in [0.5, 0.6) is 0 Å². The van der Waals surface area contributed by atoms with Gasteiger partial charge in [0.25, 0.3) is 0 Å². The molecule has 0 aliphatic carbocycles. The Morgan fingerprint density at radius 3 is 0.641 bits per heavy atom. The molecule has 0 fully saturated rings. The highest BCUT2D eigenvalue weighted by molar-refractivity contribution is 7.99. The minimum absolute atomic E-state index is 1.03. The summed E-state index contributed by atoms with van der Waals surface area (Å²) in [6.45, 7) is 4.10. The number of aliphatic carboxylic acids is 4. The molecule has 0 bridgehead atoms. The Bertz CT molecular complexity index is 1480. The van der Waals surface area contributed by atoms with Gasteiger partial charge < -0.3 is 83.0 Å². The highest BCUT2D eigenvalue weighted by Gasteiger charge is 2.18. The van der Waals surface area contributed by atoms with Crippen molar-refractivity contribution in [3.05, 3.63) is 144 Å². The third-order valence-electron chi connectivity index (χ3n) is 7.17. The van der Waals surface area contributed by atoms with Crippen molar-refractivity contribution in [2.75, 3.05) is 49.2 Å². The van der Waals surface area contributed by atoms with Gasteiger partial charge >= 0.3 is 0 Å². The van der Waals surface area contributed by atoms with E-state index in [4.69, 9.17) is 20.4 Å². The Kier molecular flexibility index (Phi) is 41.4. The SMILES string of the molecule is O=C([O-])C(O)C(O)C(=O)[O-].O=C([O-])C(O)C(O)C(=O)[O-].[NH3+]CCSCc1ccccc1.[NH3+]CCSCc1ccccc1.[NH3+]CCSCc1ccccc1.[NH3+]CCSCc1ccccc1. The van der Waals surface area contributed by atoms with Crippen LogP contribution >= 0.6 is 47.0 Å². The first kappa shape index (κ1) is 61.9. The van der Waals surface area contributed by atoms with Crippen LogP contribution in [-0.4, -0.2) is 118 Å².